The number of carbonyl (C=O) groups excluding carboxylic acids is 1. The van der Waals surface area contributed by atoms with Gasteiger partial charge >= 0.3 is 0 Å². The summed E-state index contributed by atoms with van der Waals surface area (Å²) in [7, 11) is 0. The molecule has 0 aromatic carbocycles. The van der Waals surface area contributed by atoms with Crippen molar-refractivity contribution in [3.8, 4) is 0 Å². The lowest BCUT2D eigenvalue weighted by molar-refractivity contribution is -0.125. The van der Waals surface area contributed by atoms with Crippen molar-refractivity contribution >= 4 is 5.91 Å². The fraction of sp³-hybridized carbons (Fsp3) is 0.941. The van der Waals surface area contributed by atoms with Crippen LogP contribution >= 0.6 is 0 Å². The third-order valence-corrected chi connectivity index (χ3v) is 5.06. The maximum Gasteiger partial charge on any atom is 0.246 e. The summed E-state index contributed by atoms with van der Waals surface area (Å²) in [5, 5.41) is 2.82. The van der Waals surface area contributed by atoms with Gasteiger partial charge < -0.3 is 14.8 Å². The van der Waals surface area contributed by atoms with Crippen LogP contribution in [0.2, 0.25) is 0 Å². The molecule has 1 N–H and O–H groups in total. The lowest BCUT2D eigenvalue weighted by atomic mass is 9.83. The van der Waals surface area contributed by atoms with Crippen LogP contribution < -0.4 is 5.32 Å². The Morgan fingerprint density at radius 3 is 2.67 bits per heavy atom. The van der Waals surface area contributed by atoms with Crippen LogP contribution in [-0.2, 0) is 14.3 Å². The molecular formula is C17H31NO3. The van der Waals surface area contributed by atoms with Crippen LogP contribution in [-0.4, -0.2) is 38.9 Å². The van der Waals surface area contributed by atoms with Crippen LogP contribution in [0.5, 0.6) is 0 Å². The van der Waals surface area contributed by atoms with E-state index in [4.69, 9.17) is 9.47 Å². The molecule has 2 unspecified atom stereocenters. The van der Waals surface area contributed by atoms with Crippen LogP contribution in [0.3, 0.4) is 0 Å². The number of hydrogen-bond donors (Lipinski definition) is 1. The minimum atomic E-state index is -0.0508. The van der Waals surface area contributed by atoms with Crippen molar-refractivity contribution in [2.75, 3.05) is 33.0 Å². The topological polar surface area (TPSA) is 47.6 Å². The smallest absolute Gasteiger partial charge is 0.246 e. The number of hydrogen-bond acceptors (Lipinski definition) is 3. The van der Waals surface area contributed by atoms with Crippen molar-refractivity contribution in [3.05, 3.63) is 0 Å². The summed E-state index contributed by atoms with van der Waals surface area (Å²) in [5.74, 6) is 2.57. The van der Waals surface area contributed by atoms with E-state index in [1.54, 1.807) is 0 Å². The fourth-order valence-electron chi connectivity index (χ4n) is 4.02. The van der Waals surface area contributed by atoms with Crippen molar-refractivity contribution < 1.29 is 14.3 Å². The van der Waals surface area contributed by atoms with Gasteiger partial charge in [-0.3, -0.25) is 4.79 Å². The predicted octanol–water partition coefficient (Wildman–Crippen LogP) is 2.76. The molecule has 0 saturated heterocycles. The van der Waals surface area contributed by atoms with E-state index in [9.17, 15) is 4.79 Å². The lowest BCUT2D eigenvalue weighted by Gasteiger charge is -2.25. The van der Waals surface area contributed by atoms with Gasteiger partial charge in [0.2, 0.25) is 5.91 Å². The molecule has 2 aliphatic carbocycles. The molecule has 2 fully saturated rings. The molecule has 2 saturated carbocycles. The first-order chi connectivity index (χ1) is 10.3. The van der Waals surface area contributed by atoms with Crippen LogP contribution in [0.15, 0.2) is 0 Å². The third-order valence-electron chi connectivity index (χ3n) is 5.06. The van der Waals surface area contributed by atoms with E-state index in [-0.39, 0.29) is 12.5 Å². The van der Waals surface area contributed by atoms with Gasteiger partial charge in [-0.2, -0.15) is 0 Å². The Morgan fingerprint density at radius 2 is 1.90 bits per heavy atom. The summed E-state index contributed by atoms with van der Waals surface area (Å²) in [4.78, 5) is 11.4. The Hall–Kier alpha value is -0.610. The summed E-state index contributed by atoms with van der Waals surface area (Å²) in [6, 6.07) is 0. The first-order valence-corrected chi connectivity index (χ1v) is 8.73. The number of carbonyl (C=O) groups is 1. The minimum absolute atomic E-state index is 0.0508. The summed E-state index contributed by atoms with van der Waals surface area (Å²) in [5.41, 5.74) is 0. The van der Waals surface area contributed by atoms with Crippen molar-refractivity contribution in [2.24, 2.45) is 17.8 Å². The Bertz CT molecular complexity index is 302. The van der Waals surface area contributed by atoms with Crippen molar-refractivity contribution in [1.29, 1.82) is 0 Å². The second-order valence-corrected chi connectivity index (χ2v) is 6.46. The molecule has 122 valence electrons. The Balaban J connectivity index is 1.54. The SMILES string of the molecule is CCOCC(=O)NCCOCC1CCCC1C1CCCC1. The molecule has 1 amide bonds. The molecule has 0 aliphatic heterocycles. The van der Waals surface area contributed by atoms with Crippen molar-refractivity contribution in [1.82, 2.24) is 5.32 Å². The molecule has 4 nitrogen and oxygen atoms in total. The van der Waals surface area contributed by atoms with E-state index in [0.717, 1.165) is 24.4 Å². The van der Waals surface area contributed by atoms with Gasteiger partial charge in [-0.05, 0) is 37.5 Å². The minimum Gasteiger partial charge on any atom is -0.379 e. The molecule has 4 heteroatoms. The van der Waals surface area contributed by atoms with E-state index in [1.807, 2.05) is 6.92 Å². The first kappa shape index (κ1) is 16.8. The normalized spacial score (nSPS) is 26.3. The van der Waals surface area contributed by atoms with E-state index in [0.29, 0.717) is 19.8 Å². The van der Waals surface area contributed by atoms with Crippen molar-refractivity contribution in [3.63, 3.8) is 0 Å². The van der Waals surface area contributed by atoms with Crippen LogP contribution in [0.1, 0.15) is 51.9 Å². The number of amides is 1. The maximum atomic E-state index is 11.4. The summed E-state index contributed by atoms with van der Waals surface area (Å²) < 4.78 is 10.9. The highest BCUT2D eigenvalue weighted by molar-refractivity contribution is 5.77. The van der Waals surface area contributed by atoms with Gasteiger partial charge in [-0.25, -0.2) is 0 Å². The Labute approximate surface area is 129 Å². The molecule has 0 radical (unpaired) electrons. The number of nitrogens with one attached hydrogen (secondary N) is 1. The van der Waals surface area contributed by atoms with Gasteiger partial charge in [0.05, 0.1) is 6.61 Å². The van der Waals surface area contributed by atoms with Gasteiger partial charge in [0.25, 0.3) is 0 Å². The maximum absolute atomic E-state index is 11.4. The van der Waals surface area contributed by atoms with Gasteiger partial charge in [0.15, 0.2) is 0 Å². The van der Waals surface area contributed by atoms with Crippen molar-refractivity contribution in [2.45, 2.75) is 51.9 Å². The van der Waals surface area contributed by atoms with Crippen LogP contribution in [0.4, 0.5) is 0 Å². The highest BCUT2D eigenvalue weighted by atomic mass is 16.5. The predicted molar refractivity (Wildman–Crippen MR) is 83.1 cm³/mol. The molecule has 0 heterocycles. The average Bonchev–Trinajstić information content (AvgIpc) is 3.15. The number of rotatable bonds is 9. The Morgan fingerprint density at radius 1 is 1.10 bits per heavy atom. The lowest BCUT2D eigenvalue weighted by Crippen LogP contribution is -2.31. The zero-order chi connectivity index (χ0) is 14.9. The van der Waals surface area contributed by atoms with E-state index in [2.05, 4.69) is 5.32 Å². The van der Waals surface area contributed by atoms with Gasteiger partial charge in [0, 0.05) is 19.8 Å². The molecule has 21 heavy (non-hydrogen) atoms. The fourth-order valence-corrected chi connectivity index (χ4v) is 4.02. The molecule has 2 atom stereocenters. The van der Waals surface area contributed by atoms with Gasteiger partial charge in [0.1, 0.15) is 6.61 Å². The highest BCUT2D eigenvalue weighted by Gasteiger charge is 2.34. The summed E-state index contributed by atoms with van der Waals surface area (Å²) in [6.45, 7) is 4.71. The monoisotopic (exact) mass is 297 g/mol. The largest absolute Gasteiger partial charge is 0.379 e. The molecular weight excluding hydrogens is 266 g/mol. The van der Waals surface area contributed by atoms with E-state index >= 15 is 0 Å². The molecule has 0 aromatic rings. The Kier molecular flexibility index (Phi) is 7.51. The summed E-state index contributed by atoms with van der Waals surface area (Å²) >= 11 is 0. The highest BCUT2D eigenvalue weighted by Crippen LogP contribution is 2.43. The first-order valence-electron chi connectivity index (χ1n) is 8.73. The van der Waals surface area contributed by atoms with Crippen LogP contribution in [0.25, 0.3) is 0 Å². The molecule has 2 rings (SSSR count). The second kappa shape index (κ2) is 9.42. The zero-order valence-corrected chi connectivity index (χ0v) is 13.4. The van der Waals surface area contributed by atoms with E-state index in [1.165, 1.54) is 44.9 Å². The van der Waals surface area contributed by atoms with Gasteiger partial charge in [-0.1, -0.05) is 32.1 Å². The quantitative estimate of drug-likeness (QED) is 0.666. The third kappa shape index (κ3) is 5.59. The number of ether oxygens (including phenoxy) is 2. The summed E-state index contributed by atoms with van der Waals surface area (Å²) in [6.07, 6.45) is 9.85. The standard InChI is InChI=1S/C17H31NO3/c1-2-20-13-17(19)18-10-11-21-12-15-8-5-9-16(15)14-6-3-4-7-14/h14-16H,2-13H2,1H3,(H,18,19). The second-order valence-electron chi connectivity index (χ2n) is 6.46. The molecule has 0 spiro atoms. The molecule has 0 aromatic heterocycles. The van der Waals surface area contributed by atoms with E-state index < -0.39 is 0 Å². The molecule has 0 bridgehead atoms. The van der Waals surface area contributed by atoms with Crippen LogP contribution in [0, 0.1) is 17.8 Å². The van der Waals surface area contributed by atoms with Gasteiger partial charge in [-0.15, -0.1) is 0 Å². The molecule has 2 aliphatic rings. The average molecular weight is 297 g/mol. The zero-order valence-electron chi connectivity index (χ0n) is 13.4.